The van der Waals surface area contributed by atoms with Crippen molar-refractivity contribution in [3.05, 3.63) is 66.2 Å². The van der Waals surface area contributed by atoms with Crippen LogP contribution in [0.15, 0.2) is 65.7 Å². The van der Waals surface area contributed by atoms with Gasteiger partial charge in [-0.05, 0) is 38.5 Å². The molecule has 140 valence electrons. The van der Waals surface area contributed by atoms with Crippen LogP contribution in [0.5, 0.6) is 0 Å². The highest BCUT2D eigenvalue weighted by molar-refractivity contribution is 6.39. The van der Waals surface area contributed by atoms with E-state index in [4.69, 9.17) is 0 Å². The van der Waals surface area contributed by atoms with Crippen LogP contribution in [-0.2, 0) is 16.1 Å². The Kier molecular flexibility index (Phi) is 5.54. The molecule has 27 heavy (non-hydrogen) atoms. The quantitative estimate of drug-likeness (QED) is 0.887. The summed E-state index contributed by atoms with van der Waals surface area (Å²) in [5, 5.41) is 1.39. The van der Waals surface area contributed by atoms with Gasteiger partial charge in [-0.2, -0.15) is 0 Å². The largest absolute Gasteiger partial charge is 0.329 e. The number of rotatable bonds is 5. The Labute approximate surface area is 159 Å². The fourth-order valence-corrected chi connectivity index (χ4v) is 2.90. The zero-order valence-corrected chi connectivity index (χ0v) is 15.8. The molecule has 0 spiro atoms. The lowest BCUT2D eigenvalue weighted by atomic mass is 10.1. The van der Waals surface area contributed by atoms with Crippen molar-refractivity contribution in [3.8, 4) is 0 Å². The third kappa shape index (κ3) is 4.16. The maximum Gasteiger partial charge on any atom is 0.291 e. The zero-order chi connectivity index (χ0) is 19.4. The van der Waals surface area contributed by atoms with Crippen LogP contribution >= 0.6 is 0 Å². The number of nitrogens with one attached hydrogen (secondary N) is 1. The van der Waals surface area contributed by atoms with Crippen molar-refractivity contribution in [2.45, 2.75) is 39.4 Å². The van der Waals surface area contributed by atoms with Gasteiger partial charge >= 0.3 is 0 Å². The van der Waals surface area contributed by atoms with Gasteiger partial charge in [-0.15, -0.1) is 0 Å². The predicted octanol–water partition coefficient (Wildman–Crippen LogP) is 2.76. The molecule has 2 aromatic rings. The van der Waals surface area contributed by atoms with Gasteiger partial charge in [-0.1, -0.05) is 48.5 Å². The lowest BCUT2D eigenvalue weighted by molar-refractivity contribution is -0.126. The Morgan fingerprint density at radius 2 is 1.70 bits per heavy atom. The Bertz CT molecular complexity index is 834. The second kappa shape index (κ2) is 8.03. The molecule has 6 heteroatoms. The number of hydrogen-bond acceptors (Lipinski definition) is 4. The van der Waals surface area contributed by atoms with Crippen LogP contribution in [0.25, 0.3) is 0 Å². The molecule has 0 fully saturated rings. The monoisotopic (exact) mass is 364 g/mol. The lowest BCUT2D eigenvalue weighted by Gasteiger charge is -2.34. The molecule has 3 rings (SSSR count). The van der Waals surface area contributed by atoms with E-state index in [1.165, 1.54) is 5.01 Å². The Morgan fingerprint density at radius 1 is 1.11 bits per heavy atom. The van der Waals surface area contributed by atoms with Crippen LogP contribution < -0.4 is 10.4 Å². The molecule has 0 radical (unpaired) electrons. The van der Waals surface area contributed by atoms with E-state index in [1.807, 2.05) is 74.5 Å². The second-order valence-electron chi connectivity index (χ2n) is 6.79. The number of benzene rings is 2. The molecule has 0 bridgehead atoms. The van der Waals surface area contributed by atoms with E-state index in [2.05, 4.69) is 10.4 Å². The summed E-state index contributed by atoms with van der Waals surface area (Å²) in [7, 11) is 0. The third-order valence-corrected chi connectivity index (χ3v) is 4.42. The Hall–Kier alpha value is -3.15. The minimum absolute atomic E-state index is 0.0136. The molecule has 0 saturated carbocycles. The molecular formula is C21H24N4O2. The predicted molar refractivity (Wildman–Crippen MR) is 106 cm³/mol. The molecule has 1 aliphatic rings. The molecule has 1 N–H and O–H groups in total. The fraction of sp³-hybridized carbons (Fsp3) is 0.286. The molecule has 1 heterocycles. The van der Waals surface area contributed by atoms with Crippen LogP contribution in [0.3, 0.4) is 0 Å². The number of hydrogen-bond donors (Lipinski definition) is 1. The van der Waals surface area contributed by atoms with Gasteiger partial charge in [0.05, 0.1) is 5.69 Å². The van der Waals surface area contributed by atoms with Gasteiger partial charge in [0.1, 0.15) is 6.04 Å². The first-order valence-corrected chi connectivity index (χ1v) is 9.05. The summed E-state index contributed by atoms with van der Waals surface area (Å²) in [6, 6.07) is 18.4. The molecule has 1 unspecified atom stereocenters. The number of aliphatic imine (C=N–C) groups is 1. The van der Waals surface area contributed by atoms with Crippen LogP contribution in [0.4, 0.5) is 5.69 Å². The average Bonchev–Trinajstić information content (AvgIpc) is 2.69. The van der Waals surface area contributed by atoms with Gasteiger partial charge in [0.15, 0.2) is 0 Å². The molecule has 2 aromatic carbocycles. The van der Waals surface area contributed by atoms with Gasteiger partial charge in [0, 0.05) is 12.6 Å². The van der Waals surface area contributed by atoms with E-state index in [-0.39, 0.29) is 23.7 Å². The number of amides is 2. The highest BCUT2D eigenvalue weighted by Gasteiger charge is 2.33. The van der Waals surface area contributed by atoms with E-state index >= 15 is 0 Å². The number of amidine groups is 1. The highest BCUT2D eigenvalue weighted by atomic mass is 16.2. The van der Waals surface area contributed by atoms with Gasteiger partial charge in [-0.25, -0.2) is 10.0 Å². The average molecular weight is 364 g/mol. The van der Waals surface area contributed by atoms with Crippen molar-refractivity contribution in [2.75, 3.05) is 5.01 Å². The van der Waals surface area contributed by atoms with E-state index in [1.54, 1.807) is 11.8 Å². The number of carbonyl (C=O) groups excluding carboxylic acids is 2. The van der Waals surface area contributed by atoms with Crippen LogP contribution in [0.1, 0.15) is 26.3 Å². The van der Waals surface area contributed by atoms with E-state index in [9.17, 15) is 9.59 Å². The summed E-state index contributed by atoms with van der Waals surface area (Å²) < 4.78 is 0. The van der Waals surface area contributed by atoms with Crippen LogP contribution in [0.2, 0.25) is 0 Å². The minimum Gasteiger partial charge on any atom is -0.329 e. The van der Waals surface area contributed by atoms with E-state index in [0.717, 1.165) is 5.56 Å². The molecule has 6 nitrogen and oxygen atoms in total. The number of nitrogens with zero attached hydrogens (tertiary/aromatic N) is 3. The normalized spacial score (nSPS) is 16.7. The second-order valence-corrected chi connectivity index (χ2v) is 6.79. The summed E-state index contributed by atoms with van der Waals surface area (Å²) in [4.78, 5) is 31.7. The highest BCUT2D eigenvalue weighted by Crippen LogP contribution is 2.17. The standard InChI is InChI=1S/C21H24N4O2/c1-15(2)24(14-17-10-6-4-7-11-17)21(27)19-22-16(3)20(26)25(23-19)18-12-8-5-9-13-18/h4-13,15-16H,14H2,1-3H3,(H,22,23). The first-order chi connectivity index (χ1) is 13.0. The van der Waals surface area contributed by atoms with Crippen molar-refractivity contribution < 1.29 is 9.59 Å². The summed E-state index contributed by atoms with van der Waals surface area (Å²) >= 11 is 0. The number of hydrazine groups is 1. The van der Waals surface area contributed by atoms with Crippen molar-refractivity contribution in [1.82, 2.24) is 10.3 Å². The number of para-hydroxylation sites is 1. The van der Waals surface area contributed by atoms with Gasteiger partial charge in [-0.3, -0.25) is 15.0 Å². The molecule has 0 aromatic heterocycles. The lowest BCUT2D eigenvalue weighted by Crippen LogP contribution is -2.59. The maximum atomic E-state index is 13.2. The number of carbonyl (C=O) groups is 2. The zero-order valence-electron chi connectivity index (χ0n) is 15.8. The smallest absolute Gasteiger partial charge is 0.291 e. The Morgan fingerprint density at radius 3 is 2.30 bits per heavy atom. The van der Waals surface area contributed by atoms with Crippen molar-refractivity contribution >= 4 is 23.3 Å². The SMILES string of the molecule is CC1N=C(C(=O)N(Cc2ccccc2)C(C)C)NN(c2ccccc2)C1=O. The van der Waals surface area contributed by atoms with Gasteiger partial charge in [0.2, 0.25) is 5.84 Å². The molecule has 0 aliphatic carbocycles. The molecule has 1 atom stereocenters. The number of anilines is 1. The summed E-state index contributed by atoms with van der Waals surface area (Å²) in [5.74, 6) is -0.248. The van der Waals surface area contributed by atoms with E-state index in [0.29, 0.717) is 12.2 Å². The molecule has 1 aliphatic heterocycles. The van der Waals surface area contributed by atoms with E-state index < -0.39 is 6.04 Å². The maximum absolute atomic E-state index is 13.2. The summed E-state index contributed by atoms with van der Waals surface area (Å²) in [5.41, 5.74) is 4.63. The van der Waals surface area contributed by atoms with Gasteiger partial charge in [0.25, 0.3) is 11.8 Å². The summed E-state index contributed by atoms with van der Waals surface area (Å²) in [6.45, 7) is 6.11. The van der Waals surface area contributed by atoms with Crippen molar-refractivity contribution in [1.29, 1.82) is 0 Å². The summed E-state index contributed by atoms with van der Waals surface area (Å²) in [6.07, 6.45) is 0. The molecular weight excluding hydrogens is 340 g/mol. The third-order valence-electron chi connectivity index (χ3n) is 4.42. The van der Waals surface area contributed by atoms with Gasteiger partial charge < -0.3 is 4.90 Å². The van der Waals surface area contributed by atoms with Crippen LogP contribution in [0, 0.1) is 0 Å². The molecule has 0 saturated heterocycles. The topological polar surface area (TPSA) is 65.0 Å². The first kappa shape index (κ1) is 18.6. The molecule has 2 amide bonds. The van der Waals surface area contributed by atoms with Crippen LogP contribution in [-0.4, -0.2) is 34.6 Å². The fourth-order valence-electron chi connectivity index (χ4n) is 2.90. The minimum atomic E-state index is -0.629. The van der Waals surface area contributed by atoms with Crippen molar-refractivity contribution in [2.24, 2.45) is 4.99 Å². The Balaban J connectivity index is 1.85. The first-order valence-electron chi connectivity index (χ1n) is 9.05. The van der Waals surface area contributed by atoms with Crippen molar-refractivity contribution in [3.63, 3.8) is 0 Å².